The SMILES string of the molecule is CC[C@H]1C(c2ccccc2)=[N+]([O-])[C@@](C)(c2ccc(OC)c(OC)c2)N1O. The summed E-state index contributed by atoms with van der Waals surface area (Å²) in [6, 6.07) is 14.3. The average Bonchev–Trinajstić information content (AvgIpc) is 2.89. The van der Waals surface area contributed by atoms with Crippen molar-refractivity contribution in [1.82, 2.24) is 5.06 Å². The molecule has 6 heteroatoms. The molecule has 1 heterocycles. The molecule has 2 aromatic rings. The fourth-order valence-corrected chi connectivity index (χ4v) is 3.55. The van der Waals surface area contributed by atoms with Crippen LogP contribution in [0.25, 0.3) is 0 Å². The zero-order valence-corrected chi connectivity index (χ0v) is 15.5. The van der Waals surface area contributed by atoms with E-state index < -0.39 is 11.7 Å². The lowest BCUT2D eigenvalue weighted by atomic mass is 10.00. The third-order valence-electron chi connectivity index (χ3n) is 5.06. The molecular formula is C20H24N2O4. The van der Waals surface area contributed by atoms with Gasteiger partial charge in [-0.15, -0.1) is 5.06 Å². The Morgan fingerprint density at radius 2 is 1.77 bits per heavy atom. The van der Waals surface area contributed by atoms with Crippen LogP contribution in [0.5, 0.6) is 11.5 Å². The maximum absolute atomic E-state index is 13.4. The van der Waals surface area contributed by atoms with Gasteiger partial charge in [0.15, 0.2) is 11.5 Å². The van der Waals surface area contributed by atoms with E-state index in [9.17, 15) is 10.4 Å². The highest BCUT2D eigenvalue weighted by molar-refractivity contribution is 6.01. The fourth-order valence-electron chi connectivity index (χ4n) is 3.55. The van der Waals surface area contributed by atoms with E-state index in [4.69, 9.17) is 9.47 Å². The second-order valence-corrected chi connectivity index (χ2v) is 6.40. The molecule has 0 saturated heterocycles. The molecule has 1 aliphatic rings. The van der Waals surface area contributed by atoms with Gasteiger partial charge in [0, 0.05) is 18.1 Å². The molecule has 0 unspecified atom stereocenters. The minimum Gasteiger partial charge on any atom is -0.622 e. The summed E-state index contributed by atoms with van der Waals surface area (Å²) in [5.74, 6) is 1.08. The summed E-state index contributed by atoms with van der Waals surface area (Å²) in [5.41, 5.74) is 0.702. The summed E-state index contributed by atoms with van der Waals surface area (Å²) in [6.45, 7) is 3.66. The molecule has 0 radical (unpaired) electrons. The largest absolute Gasteiger partial charge is 0.622 e. The van der Waals surface area contributed by atoms with E-state index in [1.807, 2.05) is 37.3 Å². The van der Waals surface area contributed by atoms with Crippen LogP contribution >= 0.6 is 0 Å². The molecule has 0 aliphatic carbocycles. The minimum atomic E-state index is -1.27. The van der Waals surface area contributed by atoms with Crippen molar-refractivity contribution in [1.29, 1.82) is 0 Å². The second-order valence-electron chi connectivity index (χ2n) is 6.40. The van der Waals surface area contributed by atoms with Gasteiger partial charge in [0.2, 0.25) is 5.71 Å². The van der Waals surface area contributed by atoms with Gasteiger partial charge in [-0.2, -0.15) is 4.74 Å². The van der Waals surface area contributed by atoms with Crippen molar-refractivity contribution < 1.29 is 19.4 Å². The van der Waals surface area contributed by atoms with Crippen molar-refractivity contribution in [2.24, 2.45) is 0 Å². The number of rotatable bonds is 5. The molecule has 0 amide bonds. The summed E-state index contributed by atoms with van der Waals surface area (Å²) in [5, 5.41) is 25.5. The Labute approximate surface area is 153 Å². The van der Waals surface area contributed by atoms with Crippen molar-refractivity contribution in [2.75, 3.05) is 14.2 Å². The predicted octanol–water partition coefficient (Wildman–Crippen LogP) is 3.36. The van der Waals surface area contributed by atoms with Crippen LogP contribution in [0.1, 0.15) is 31.4 Å². The Morgan fingerprint density at radius 3 is 2.35 bits per heavy atom. The average molecular weight is 356 g/mol. The van der Waals surface area contributed by atoms with Crippen molar-refractivity contribution in [3.05, 3.63) is 64.9 Å². The molecule has 0 fully saturated rings. The van der Waals surface area contributed by atoms with Gasteiger partial charge in [0.1, 0.15) is 6.04 Å². The highest BCUT2D eigenvalue weighted by Crippen LogP contribution is 2.40. The zero-order chi connectivity index (χ0) is 18.9. The first kappa shape index (κ1) is 18.2. The van der Waals surface area contributed by atoms with Crippen LogP contribution < -0.4 is 9.47 Å². The van der Waals surface area contributed by atoms with Crippen LogP contribution in [0.15, 0.2) is 48.5 Å². The lowest BCUT2D eigenvalue weighted by Gasteiger charge is -2.30. The Bertz CT molecular complexity index is 822. The molecule has 6 nitrogen and oxygen atoms in total. The van der Waals surface area contributed by atoms with Gasteiger partial charge in [-0.25, -0.2) is 0 Å². The Morgan fingerprint density at radius 1 is 1.12 bits per heavy atom. The Hall–Kier alpha value is -2.57. The first-order valence-electron chi connectivity index (χ1n) is 8.59. The van der Waals surface area contributed by atoms with Gasteiger partial charge in [-0.1, -0.05) is 25.1 Å². The van der Waals surface area contributed by atoms with Gasteiger partial charge in [0.25, 0.3) is 5.66 Å². The second kappa shape index (κ2) is 6.97. The normalized spacial score (nSPS) is 23.3. The monoisotopic (exact) mass is 356 g/mol. The van der Waals surface area contributed by atoms with E-state index in [1.165, 1.54) is 0 Å². The topological polar surface area (TPSA) is 68.0 Å². The number of nitrogens with zero attached hydrogens (tertiary/aromatic N) is 2. The van der Waals surface area contributed by atoms with Crippen LogP contribution in [0.3, 0.4) is 0 Å². The molecular weight excluding hydrogens is 332 g/mol. The molecule has 2 aromatic carbocycles. The number of hydrogen-bond acceptors (Lipinski definition) is 5. The Kier molecular flexibility index (Phi) is 4.89. The van der Waals surface area contributed by atoms with Crippen molar-refractivity contribution in [2.45, 2.75) is 32.0 Å². The van der Waals surface area contributed by atoms with Crippen LogP contribution in [-0.2, 0) is 5.66 Å². The molecule has 2 atom stereocenters. The van der Waals surface area contributed by atoms with Crippen molar-refractivity contribution in [3.8, 4) is 11.5 Å². The molecule has 0 saturated carbocycles. The molecule has 0 aromatic heterocycles. The number of hydroxylamine groups is 3. The molecule has 138 valence electrons. The van der Waals surface area contributed by atoms with E-state index >= 15 is 0 Å². The van der Waals surface area contributed by atoms with Gasteiger partial charge < -0.3 is 19.9 Å². The smallest absolute Gasteiger partial charge is 0.274 e. The third-order valence-corrected chi connectivity index (χ3v) is 5.06. The van der Waals surface area contributed by atoms with Crippen LogP contribution in [0, 0.1) is 5.21 Å². The maximum Gasteiger partial charge on any atom is 0.274 e. The van der Waals surface area contributed by atoms with Crippen LogP contribution in [0.2, 0.25) is 0 Å². The molecule has 1 aliphatic heterocycles. The van der Waals surface area contributed by atoms with E-state index in [1.54, 1.807) is 39.3 Å². The lowest BCUT2D eigenvalue weighted by Crippen LogP contribution is -2.46. The molecule has 0 bridgehead atoms. The quantitative estimate of drug-likeness (QED) is 0.657. The van der Waals surface area contributed by atoms with E-state index in [2.05, 4.69) is 0 Å². The van der Waals surface area contributed by atoms with E-state index in [0.29, 0.717) is 29.2 Å². The summed E-state index contributed by atoms with van der Waals surface area (Å²) >= 11 is 0. The predicted molar refractivity (Wildman–Crippen MR) is 98.8 cm³/mol. The van der Waals surface area contributed by atoms with Crippen molar-refractivity contribution >= 4 is 5.71 Å². The summed E-state index contributed by atoms with van der Waals surface area (Å²) in [4.78, 5) is 0. The van der Waals surface area contributed by atoms with Crippen LogP contribution in [0.4, 0.5) is 0 Å². The zero-order valence-electron chi connectivity index (χ0n) is 15.5. The van der Waals surface area contributed by atoms with Gasteiger partial charge in [-0.3, -0.25) is 0 Å². The highest BCUT2D eigenvalue weighted by atomic mass is 16.6. The number of ether oxygens (including phenoxy) is 2. The Balaban J connectivity index is 2.18. The first-order chi connectivity index (χ1) is 12.5. The van der Waals surface area contributed by atoms with Gasteiger partial charge in [-0.05, 0) is 36.8 Å². The lowest BCUT2D eigenvalue weighted by molar-refractivity contribution is -0.595. The summed E-state index contributed by atoms with van der Waals surface area (Å²) < 4.78 is 11.5. The molecule has 0 spiro atoms. The number of methoxy groups -OCH3 is 2. The van der Waals surface area contributed by atoms with Gasteiger partial charge >= 0.3 is 0 Å². The highest BCUT2D eigenvalue weighted by Gasteiger charge is 2.55. The van der Waals surface area contributed by atoms with Crippen molar-refractivity contribution in [3.63, 3.8) is 0 Å². The van der Waals surface area contributed by atoms with Gasteiger partial charge in [0.05, 0.1) is 14.2 Å². The fraction of sp³-hybridized carbons (Fsp3) is 0.350. The van der Waals surface area contributed by atoms with E-state index in [-0.39, 0.29) is 0 Å². The molecule has 3 rings (SSSR count). The maximum atomic E-state index is 13.4. The molecule has 1 N–H and O–H groups in total. The molecule has 26 heavy (non-hydrogen) atoms. The standard InChI is InChI=1S/C20H24N2O4/c1-5-16-19(14-9-7-6-8-10-14)22(24)20(2,21(16)23)15-11-12-17(25-3)18(13-15)26-4/h6-13,16,23H,5H2,1-4H3/t16-,20-/m0/s1. The van der Waals surface area contributed by atoms with Crippen LogP contribution in [-0.4, -0.2) is 41.0 Å². The summed E-state index contributed by atoms with van der Waals surface area (Å²) in [7, 11) is 3.10. The number of hydrogen-bond donors (Lipinski definition) is 1. The summed E-state index contributed by atoms with van der Waals surface area (Å²) in [6.07, 6.45) is 0.600. The number of benzene rings is 2. The first-order valence-corrected chi connectivity index (χ1v) is 8.59. The van der Waals surface area contributed by atoms with E-state index in [0.717, 1.165) is 15.4 Å². The third kappa shape index (κ3) is 2.62. The minimum absolute atomic E-state index is 0.409.